The Morgan fingerprint density at radius 2 is 2.22 bits per heavy atom. The molecule has 0 aliphatic carbocycles. The molecule has 3 heteroatoms. The van der Waals surface area contributed by atoms with Gasteiger partial charge in [0.15, 0.2) is 5.78 Å². The molecule has 0 unspecified atom stereocenters. The van der Waals surface area contributed by atoms with Crippen LogP contribution < -0.4 is 5.32 Å². The van der Waals surface area contributed by atoms with Gasteiger partial charge in [-0.2, -0.15) is 0 Å². The van der Waals surface area contributed by atoms with Crippen molar-refractivity contribution < 1.29 is 4.79 Å². The van der Waals surface area contributed by atoms with E-state index in [-0.39, 0.29) is 5.78 Å². The molecule has 0 aromatic heterocycles. The Morgan fingerprint density at radius 3 is 2.83 bits per heavy atom. The first kappa shape index (κ1) is 12.8. The molecule has 2 rings (SSSR count). The number of benzene rings is 1. The summed E-state index contributed by atoms with van der Waals surface area (Å²) in [4.78, 5) is 16.5. The SMILES string of the molecule is Cc1ccc(C(C)C)cc1C(=O)CC1=NCCN1. The van der Waals surface area contributed by atoms with Crippen LogP contribution in [0.3, 0.4) is 0 Å². The lowest BCUT2D eigenvalue weighted by Gasteiger charge is -2.10. The zero-order chi connectivity index (χ0) is 13.1. The zero-order valence-corrected chi connectivity index (χ0v) is 11.3. The minimum Gasteiger partial charge on any atom is -0.372 e. The number of aliphatic imine (C=N–C) groups is 1. The number of amidine groups is 1. The van der Waals surface area contributed by atoms with Crippen LogP contribution in [0.5, 0.6) is 0 Å². The van der Waals surface area contributed by atoms with E-state index in [1.807, 2.05) is 19.1 Å². The summed E-state index contributed by atoms with van der Waals surface area (Å²) in [5.41, 5.74) is 3.09. The van der Waals surface area contributed by atoms with E-state index in [4.69, 9.17) is 0 Å². The van der Waals surface area contributed by atoms with Crippen LogP contribution in [-0.4, -0.2) is 24.7 Å². The largest absolute Gasteiger partial charge is 0.372 e. The van der Waals surface area contributed by atoms with Crippen molar-refractivity contribution >= 4 is 11.6 Å². The van der Waals surface area contributed by atoms with E-state index in [0.29, 0.717) is 12.3 Å². The molecule has 0 spiro atoms. The van der Waals surface area contributed by atoms with Crippen molar-refractivity contribution in [2.24, 2.45) is 4.99 Å². The molecule has 0 saturated carbocycles. The number of Topliss-reactive ketones (excluding diaryl/α,β-unsaturated/α-hetero) is 1. The predicted octanol–water partition coefficient (Wildman–Crippen LogP) is 2.69. The molecule has 3 nitrogen and oxygen atoms in total. The molecule has 1 heterocycles. The summed E-state index contributed by atoms with van der Waals surface area (Å²) in [5, 5.41) is 3.14. The quantitative estimate of drug-likeness (QED) is 0.827. The molecule has 18 heavy (non-hydrogen) atoms. The van der Waals surface area contributed by atoms with Crippen LogP contribution in [-0.2, 0) is 0 Å². The number of carbonyl (C=O) groups is 1. The van der Waals surface area contributed by atoms with Gasteiger partial charge in [0.25, 0.3) is 0 Å². The summed E-state index contributed by atoms with van der Waals surface area (Å²) in [6, 6.07) is 6.16. The van der Waals surface area contributed by atoms with Gasteiger partial charge in [-0.05, 0) is 30.0 Å². The maximum atomic E-state index is 12.3. The first-order valence-electron chi connectivity index (χ1n) is 6.49. The number of hydrogen-bond donors (Lipinski definition) is 1. The molecule has 0 radical (unpaired) electrons. The number of rotatable bonds is 4. The lowest BCUT2D eigenvalue weighted by Crippen LogP contribution is -2.22. The van der Waals surface area contributed by atoms with Crippen molar-refractivity contribution in [3.8, 4) is 0 Å². The molecule has 0 bridgehead atoms. The lowest BCUT2D eigenvalue weighted by atomic mass is 9.95. The minimum atomic E-state index is 0.156. The molecule has 1 aliphatic rings. The first-order valence-corrected chi connectivity index (χ1v) is 6.49. The molecule has 0 fully saturated rings. The summed E-state index contributed by atoms with van der Waals surface area (Å²) in [5.74, 6) is 1.43. The van der Waals surface area contributed by atoms with E-state index < -0.39 is 0 Å². The molecular formula is C15H20N2O. The third kappa shape index (κ3) is 2.78. The highest BCUT2D eigenvalue weighted by Crippen LogP contribution is 2.20. The van der Waals surface area contributed by atoms with E-state index in [1.165, 1.54) is 5.56 Å². The number of carbonyl (C=O) groups excluding carboxylic acids is 1. The van der Waals surface area contributed by atoms with Gasteiger partial charge in [-0.3, -0.25) is 9.79 Å². The molecule has 96 valence electrons. The second-order valence-electron chi connectivity index (χ2n) is 5.08. The Kier molecular flexibility index (Phi) is 3.80. The van der Waals surface area contributed by atoms with Gasteiger partial charge < -0.3 is 5.32 Å². The number of ketones is 1. The van der Waals surface area contributed by atoms with E-state index in [1.54, 1.807) is 0 Å². The topological polar surface area (TPSA) is 41.5 Å². The summed E-state index contributed by atoms with van der Waals surface area (Å²) >= 11 is 0. The van der Waals surface area contributed by atoms with Gasteiger partial charge in [0.2, 0.25) is 0 Å². The summed E-state index contributed by atoms with van der Waals surface area (Å²) in [6.07, 6.45) is 0.391. The monoisotopic (exact) mass is 244 g/mol. The summed E-state index contributed by atoms with van der Waals surface area (Å²) in [6.45, 7) is 7.91. The minimum absolute atomic E-state index is 0.156. The fraction of sp³-hybridized carbons (Fsp3) is 0.467. The highest BCUT2D eigenvalue weighted by atomic mass is 16.1. The predicted molar refractivity (Wildman–Crippen MR) is 74.5 cm³/mol. The Hall–Kier alpha value is -1.64. The smallest absolute Gasteiger partial charge is 0.170 e. The van der Waals surface area contributed by atoms with Crippen molar-refractivity contribution in [1.29, 1.82) is 0 Å². The molecule has 1 aliphatic heterocycles. The van der Waals surface area contributed by atoms with Gasteiger partial charge in [-0.1, -0.05) is 26.0 Å². The molecular weight excluding hydrogens is 224 g/mol. The first-order chi connectivity index (χ1) is 8.58. The van der Waals surface area contributed by atoms with Gasteiger partial charge in [-0.25, -0.2) is 0 Å². The molecule has 0 amide bonds. The number of hydrogen-bond acceptors (Lipinski definition) is 3. The Balaban J connectivity index is 2.20. The van der Waals surface area contributed by atoms with Gasteiger partial charge in [0, 0.05) is 12.1 Å². The molecule has 1 aromatic rings. The van der Waals surface area contributed by atoms with Crippen LogP contribution >= 0.6 is 0 Å². The molecule has 0 atom stereocenters. The number of nitrogens with zero attached hydrogens (tertiary/aromatic N) is 1. The van der Waals surface area contributed by atoms with Crippen LogP contribution in [0.25, 0.3) is 0 Å². The van der Waals surface area contributed by atoms with E-state index in [0.717, 1.165) is 30.1 Å². The average molecular weight is 244 g/mol. The van der Waals surface area contributed by atoms with E-state index in [2.05, 4.69) is 30.2 Å². The van der Waals surface area contributed by atoms with E-state index >= 15 is 0 Å². The van der Waals surface area contributed by atoms with Crippen molar-refractivity contribution in [3.63, 3.8) is 0 Å². The van der Waals surface area contributed by atoms with Crippen LogP contribution in [0.1, 0.15) is 47.7 Å². The third-order valence-electron chi connectivity index (χ3n) is 3.30. The Morgan fingerprint density at radius 1 is 1.44 bits per heavy atom. The van der Waals surface area contributed by atoms with Crippen LogP contribution in [0.15, 0.2) is 23.2 Å². The average Bonchev–Trinajstić information content (AvgIpc) is 2.81. The maximum absolute atomic E-state index is 12.3. The van der Waals surface area contributed by atoms with Crippen molar-refractivity contribution in [2.45, 2.75) is 33.1 Å². The molecule has 1 aromatic carbocycles. The van der Waals surface area contributed by atoms with Gasteiger partial charge >= 0.3 is 0 Å². The van der Waals surface area contributed by atoms with Crippen molar-refractivity contribution in [3.05, 3.63) is 34.9 Å². The van der Waals surface area contributed by atoms with E-state index in [9.17, 15) is 4.79 Å². The highest BCUT2D eigenvalue weighted by molar-refractivity contribution is 6.10. The second-order valence-corrected chi connectivity index (χ2v) is 5.08. The van der Waals surface area contributed by atoms with Crippen LogP contribution in [0, 0.1) is 6.92 Å². The molecule has 1 N–H and O–H groups in total. The van der Waals surface area contributed by atoms with Gasteiger partial charge in [0.05, 0.1) is 13.0 Å². The van der Waals surface area contributed by atoms with Crippen LogP contribution in [0.2, 0.25) is 0 Å². The zero-order valence-electron chi connectivity index (χ0n) is 11.3. The van der Waals surface area contributed by atoms with Crippen molar-refractivity contribution in [2.75, 3.05) is 13.1 Å². The van der Waals surface area contributed by atoms with Crippen molar-refractivity contribution in [1.82, 2.24) is 5.32 Å². The third-order valence-corrected chi connectivity index (χ3v) is 3.30. The highest BCUT2D eigenvalue weighted by Gasteiger charge is 2.15. The maximum Gasteiger partial charge on any atom is 0.170 e. The lowest BCUT2D eigenvalue weighted by molar-refractivity contribution is 0.0999. The standard InChI is InChI=1S/C15H20N2O/c1-10(2)12-5-4-11(3)13(8-12)14(18)9-15-16-6-7-17-15/h4-5,8,10H,6-7,9H2,1-3H3,(H,16,17). The Bertz CT molecular complexity index is 489. The van der Waals surface area contributed by atoms with Gasteiger partial charge in [-0.15, -0.1) is 0 Å². The number of aryl methyl sites for hydroxylation is 1. The summed E-state index contributed by atoms with van der Waals surface area (Å²) < 4.78 is 0. The normalized spacial score (nSPS) is 14.6. The fourth-order valence-corrected chi connectivity index (χ4v) is 2.11. The summed E-state index contributed by atoms with van der Waals surface area (Å²) in [7, 11) is 0. The van der Waals surface area contributed by atoms with Crippen LogP contribution in [0.4, 0.5) is 0 Å². The number of nitrogens with one attached hydrogen (secondary N) is 1. The fourth-order valence-electron chi connectivity index (χ4n) is 2.11. The Labute approximate surface area is 108 Å². The van der Waals surface area contributed by atoms with Gasteiger partial charge in [0.1, 0.15) is 5.84 Å². The molecule has 0 saturated heterocycles. The second kappa shape index (κ2) is 5.34.